The fourth-order valence-corrected chi connectivity index (χ4v) is 4.93. The van der Waals surface area contributed by atoms with Gasteiger partial charge in [0.2, 0.25) is 0 Å². The number of aromatic nitrogens is 3. The largest absolute Gasteiger partial charge is 0.398 e. The molecule has 3 aromatic heterocycles. The lowest BCUT2D eigenvalue weighted by Gasteiger charge is -2.33. The van der Waals surface area contributed by atoms with Crippen LogP contribution in [0.2, 0.25) is 0 Å². The molecule has 2 N–H and O–H groups in total. The topological polar surface area (TPSA) is 86.5 Å². The normalized spacial score (nSPS) is 14.6. The summed E-state index contributed by atoms with van der Waals surface area (Å²) in [5.41, 5.74) is 10.2. The summed E-state index contributed by atoms with van der Waals surface area (Å²) in [6.07, 6.45) is 5.46. The molecule has 0 bridgehead atoms. The number of benzene rings is 1. The minimum Gasteiger partial charge on any atom is -0.398 e. The first-order chi connectivity index (χ1) is 15.6. The number of hydrogen-bond acceptors (Lipinski definition) is 7. The van der Waals surface area contributed by atoms with E-state index >= 15 is 0 Å². The Hall–Kier alpha value is -3.54. The Kier molecular flexibility index (Phi) is 5.43. The molecule has 8 heteroatoms. The highest BCUT2D eigenvalue weighted by molar-refractivity contribution is 7.99. The average molecular weight is 442 g/mol. The summed E-state index contributed by atoms with van der Waals surface area (Å²) in [4.78, 5) is 11.3. The van der Waals surface area contributed by atoms with Gasteiger partial charge in [0.1, 0.15) is 11.9 Å². The van der Waals surface area contributed by atoms with Crippen LogP contribution in [0.5, 0.6) is 0 Å². The number of nitriles is 1. The van der Waals surface area contributed by atoms with E-state index in [0.717, 1.165) is 58.4 Å². The molecule has 1 saturated heterocycles. The molecule has 0 spiro atoms. The lowest BCUT2D eigenvalue weighted by molar-refractivity contribution is 0.312. The Morgan fingerprint density at radius 2 is 1.81 bits per heavy atom. The fourth-order valence-electron chi connectivity index (χ4n) is 3.87. The second-order valence-corrected chi connectivity index (χ2v) is 8.98. The van der Waals surface area contributed by atoms with Crippen LogP contribution in [0, 0.1) is 11.3 Å². The van der Waals surface area contributed by atoms with Crippen LogP contribution in [-0.4, -0.2) is 52.7 Å². The molecular formula is C24H23N7S. The van der Waals surface area contributed by atoms with Gasteiger partial charge in [0.15, 0.2) is 0 Å². The average Bonchev–Trinajstić information content (AvgIpc) is 3.25. The number of anilines is 2. The van der Waals surface area contributed by atoms with Crippen molar-refractivity contribution in [2.75, 3.05) is 43.9 Å². The first kappa shape index (κ1) is 20.4. The third kappa shape index (κ3) is 3.88. The molecule has 4 heterocycles. The Balaban J connectivity index is 1.52. The number of likely N-dealkylation sites (N-methyl/N-ethyl adjacent to an activating group) is 1. The number of fused-ring (bicyclic) bond motifs is 1. The third-order valence-electron chi connectivity index (χ3n) is 5.74. The van der Waals surface area contributed by atoms with E-state index in [0.29, 0.717) is 11.3 Å². The molecular weight excluding hydrogens is 418 g/mol. The molecule has 0 saturated carbocycles. The van der Waals surface area contributed by atoms with E-state index in [-0.39, 0.29) is 0 Å². The molecule has 1 fully saturated rings. The quantitative estimate of drug-likeness (QED) is 0.483. The van der Waals surface area contributed by atoms with E-state index in [9.17, 15) is 5.26 Å². The van der Waals surface area contributed by atoms with Crippen LogP contribution in [0.15, 0.2) is 70.8 Å². The summed E-state index contributed by atoms with van der Waals surface area (Å²) in [5.74, 6) is 1.00. The van der Waals surface area contributed by atoms with Gasteiger partial charge in [-0.25, -0.2) is 9.50 Å². The van der Waals surface area contributed by atoms with Crippen LogP contribution in [0.4, 0.5) is 11.5 Å². The van der Waals surface area contributed by atoms with Crippen molar-refractivity contribution >= 4 is 28.8 Å². The predicted molar refractivity (Wildman–Crippen MR) is 128 cm³/mol. The van der Waals surface area contributed by atoms with E-state index in [2.05, 4.69) is 46.2 Å². The molecule has 1 aliphatic rings. The summed E-state index contributed by atoms with van der Waals surface area (Å²) < 4.78 is 1.77. The molecule has 1 aliphatic heterocycles. The second-order valence-electron chi connectivity index (χ2n) is 7.89. The van der Waals surface area contributed by atoms with Crippen molar-refractivity contribution in [3.05, 3.63) is 66.6 Å². The van der Waals surface area contributed by atoms with Gasteiger partial charge in [0.05, 0.1) is 17.3 Å². The Bertz CT molecular complexity index is 1300. The molecule has 160 valence electrons. The summed E-state index contributed by atoms with van der Waals surface area (Å²) in [6, 6.07) is 16.3. The third-order valence-corrected chi connectivity index (χ3v) is 6.87. The number of pyridine rings is 2. The van der Waals surface area contributed by atoms with E-state index in [1.807, 2.05) is 36.7 Å². The zero-order valence-corrected chi connectivity index (χ0v) is 18.6. The monoisotopic (exact) mass is 441 g/mol. The van der Waals surface area contributed by atoms with E-state index in [4.69, 9.17) is 10.7 Å². The standard InChI is InChI=1S/C24H23N7S/c1-29-8-10-30(11-9-29)23-7-6-17(14-27-23)18-12-22(32-21-5-3-2-4-20(21)26)24-19(13-25)15-28-31(24)16-18/h2-7,12,14-16H,8-11,26H2,1H3. The van der Waals surface area contributed by atoms with Crippen LogP contribution in [-0.2, 0) is 0 Å². The lowest BCUT2D eigenvalue weighted by Crippen LogP contribution is -2.44. The zero-order valence-electron chi connectivity index (χ0n) is 17.8. The molecule has 0 aliphatic carbocycles. The highest BCUT2D eigenvalue weighted by Gasteiger charge is 2.17. The maximum atomic E-state index is 9.57. The van der Waals surface area contributed by atoms with E-state index in [1.54, 1.807) is 22.5 Å². The van der Waals surface area contributed by atoms with Crippen LogP contribution in [0.3, 0.4) is 0 Å². The van der Waals surface area contributed by atoms with Crippen LogP contribution >= 0.6 is 11.8 Å². The van der Waals surface area contributed by atoms with Gasteiger partial charge in [-0.2, -0.15) is 10.4 Å². The number of nitrogens with zero attached hydrogens (tertiary/aromatic N) is 6. The van der Waals surface area contributed by atoms with Crippen LogP contribution in [0.25, 0.3) is 16.6 Å². The first-order valence-electron chi connectivity index (χ1n) is 10.5. The number of piperazine rings is 1. The number of nitrogen functional groups attached to an aromatic ring is 1. The van der Waals surface area contributed by atoms with Crippen molar-refractivity contribution in [2.45, 2.75) is 9.79 Å². The number of nitrogens with two attached hydrogens (primary N) is 1. The van der Waals surface area contributed by atoms with Crippen molar-refractivity contribution in [3.63, 3.8) is 0 Å². The maximum absolute atomic E-state index is 9.57. The zero-order chi connectivity index (χ0) is 22.1. The summed E-state index contributed by atoms with van der Waals surface area (Å²) in [5, 5.41) is 14.0. The van der Waals surface area contributed by atoms with E-state index < -0.39 is 0 Å². The Labute approximate surface area is 191 Å². The Morgan fingerprint density at radius 1 is 1.00 bits per heavy atom. The van der Waals surface area contributed by atoms with Crippen LogP contribution < -0.4 is 10.6 Å². The first-order valence-corrected chi connectivity index (χ1v) is 11.3. The molecule has 0 radical (unpaired) electrons. The molecule has 4 aromatic rings. The summed E-state index contributed by atoms with van der Waals surface area (Å²) in [7, 11) is 2.15. The molecule has 5 rings (SSSR count). The number of rotatable bonds is 4. The fraction of sp³-hybridized carbons (Fsp3) is 0.208. The van der Waals surface area contributed by atoms with Gasteiger partial charge in [-0.05, 0) is 37.4 Å². The predicted octanol–water partition coefficient (Wildman–Crippen LogP) is 3.75. The summed E-state index contributed by atoms with van der Waals surface area (Å²) >= 11 is 1.54. The van der Waals surface area contributed by atoms with Gasteiger partial charge in [-0.15, -0.1) is 0 Å². The van der Waals surface area contributed by atoms with E-state index in [1.165, 1.54) is 0 Å². The molecule has 0 amide bonds. The minimum atomic E-state index is 0.539. The van der Waals surface area contributed by atoms with Gasteiger partial charge in [-0.3, -0.25) is 0 Å². The Morgan fingerprint density at radius 3 is 2.53 bits per heavy atom. The minimum absolute atomic E-state index is 0.539. The molecule has 0 atom stereocenters. The number of hydrogen-bond donors (Lipinski definition) is 1. The van der Waals surface area contributed by atoms with Gasteiger partial charge < -0.3 is 15.5 Å². The molecule has 0 unspecified atom stereocenters. The van der Waals surface area contributed by atoms with Gasteiger partial charge >= 0.3 is 0 Å². The summed E-state index contributed by atoms with van der Waals surface area (Å²) in [6.45, 7) is 4.06. The van der Waals surface area contributed by atoms with Crippen molar-refractivity contribution in [2.24, 2.45) is 0 Å². The molecule has 1 aromatic carbocycles. The van der Waals surface area contributed by atoms with Crippen molar-refractivity contribution in [1.82, 2.24) is 19.5 Å². The molecule has 32 heavy (non-hydrogen) atoms. The lowest BCUT2D eigenvalue weighted by atomic mass is 10.1. The highest BCUT2D eigenvalue weighted by atomic mass is 32.2. The van der Waals surface area contributed by atoms with Gasteiger partial charge in [0, 0.05) is 65.2 Å². The maximum Gasteiger partial charge on any atom is 0.128 e. The smallest absolute Gasteiger partial charge is 0.128 e. The number of para-hydroxylation sites is 1. The van der Waals surface area contributed by atoms with Crippen molar-refractivity contribution in [1.29, 1.82) is 5.26 Å². The van der Waals surface area contributed by atoms with Gasteiger partial charge in [0.25, 0.3) is 0 Å². The van der Waals surface area contributed by atoms with Crippen molar-refractivity contribution in [3.8, 4) is 17.2 Å². The highest BCUT2D eigenvalue weighted by Crippen LogP contribution is 2.38. The molecule has 7 nitrogen and oxygen atoms in total. The van der Waals surface area contributed by atoms with Crippen LogP contribution in [0.1, 0.15) is 5.56 Å². The second kappa shape index (κ2) is 8.54. The van der Waals surface area contributed by atoms with Crippen molar-refractivity contribution < 1.29 is 0 Å². The van der Waals surface area contributed by atoms with Gasteiger partial charge in [-0.1, -0.05) is 23.9 Å². The SMILES string of the molecule is CN1CCN(c2ccc(-c3cc(Sc4ccccc4N)c4c(C#N)cnn4c3)cn2)CC1.